The number of likely N-dealkylation sites (tertiary alicyclic amines) is 1. The van der Waals surface area contributed by atoms with Gasteiger partial charge in [-0.3, -0.25) is 9.59 Å². The molecule has 2 amide bonds. The lowest BCUT2D eigenvalue weighted by atomic mass is 10.0. The van der Waals surface area contributed by atoms with E-state index in [0.29, 0.717) is 48.1 Å². The minimum atomic E-state index is -0.236. The van der Waals surface area contributed by atoms with E-state index in [1.807, 2.05) is 36.1 Å². The fourth-order valence-corrected chi connectivity index (χ4v) is 3.87. The highest BCUT2D eigenvalue weighted by Gasteiger charge is 2.24. The van der Waals surface area contributed by atoms with Crippen molar-refractivity contribution in [1.82, 2.24) is 10.2 Å². The molecule has 2 aromatic rings. The summed E-state index contributed by atoms with van der Waals surface area (Å²) in [6.45, 7) is 3.78. The van der Waals surface area contributed by atoms with Crippen molar-refractivity contribution in [3.8, 4) is 5.75 Å². The Labute approximate surface area is 187 Å². The molecular weight excluding hydrogens is 423 g/mol. The summed E-state index contributed by atoms with van der Waals surface area (Å²) in [7, 11) is 0. The van der Waals surface area contributed by atoms with Gasteiger partial charge in [0, 0.05) is 30.6 Å². The van der Waals surface area contributed by atoms with Gasteiger partial charge in [-0.25, -0.2) is 0 Å². The maximum Gasteiger partial charge on any atom is 0.253 e. The Balaban J connectivity index is 1.38. The summed E-state index contributed by atoms with van der Waals surface area (Å²) in [5, 5.41) is 3.84. The number of benzene rings is 2. The molecule has 1 N–H and O–H groups in total. The van der Waals surface area contributed by atoms with Crippen LogP contribution in [0.2, 0.25) is 10.0 Å². The summed E-state index contributed by atoms with van der Waals surface area (Å²) in [4.78, 5) is 26.8. The molecule has 0 aliphatic carbocycles. The van der Waals surface area contributed by atoms with E-state index < -0.39 is 0 Å². The van der Waals surface area contributed by atoms with Gasteiger partial charge in [0.2, 0.25) is 5.91 Å². The van der Waals surface area contributed by atoms with E-state index in [-0.39, 0.29) is 17.9 Å². The standard InChI is InChI=1S/C23H26Cl2N2O3/c1-16-5-2-3-6-21(16)30-14-4-7-22(28)27-12-10-18(11-13-27)26-23(29)19-15-17(24)8-9-20(19)25/h2-3,5-6,8-9,15,18H,4,7,10-14H2,1H3,(H,26,29). The normalized spacial score (nSPS) is 14.4. The molecule has 1 aliphatic heterocycles. The first-order valence-corrected chi connectivity index (χ1v) is 10.9. The summed E-state index contributed by atoms with van der Waals surface area (Å²) in [6, 6.07) is 12.7. The van der Waals surface area contributed by atoms with Crippen molar-refractivity contribution in [3.63, 3.8) is 0 Å². The summed E-state index contributed by atoms with van der Waals surface area (Å²) in [5.74, 6) is 0.757. The average molecular weight is 449 g/mol. The number of para-hydroxylation sites is 1. The first-order valence-electron chi connectivity index (χ1n) is 10.2. The third kappa shape index (κ3) is 6.13. The summed E-state index contributed by atoms with van der Waals surface area (Å²) in [5.41, 5.74) is 1.46. The largest absolute Gasteiger partial charge is 0.493 e. The number of halogens is 2. The van der Waals surface area contributed by atoms with Crippen molar-refractivity contribution < 1.29 is 14.3 Å². The van der Waals surface area contributed by atoms with Crippen LogP contribution in [0.15, 0.2) is 42.5 Å². The summed E-state index contributed by atoms with van der Waals surface area (Å²) in [6.07, 6.45) is 2.57. The Kier molecular flexibility index (Phi) is 8.00. The molecule has 1 saturated heterocycles. The van der Waals surface area contributed by atoms with Crippen LogP contribution in [0.5, 0.6) is 5.75 Å². The number of amides is 2. The van der Waals surface area contributed by atoms with Crippen LogP contribution in [-0.2, 0) is 4.79 Å². The number of rotatable bonds is 7. The van der Waals surface area contributed by atoms with Gasteiger partial charge in [0.25, 0.3) is 5.91 Å². The Bertz CT molecular complexity index is 896. The van der Waals surface area contributed by atoms with Crippen molar-refractivity contribution in [1.29, 1.82) is 0 Å². The van der Waals surface area contributed by atoms with Gasteiger partial charge >= 0.3 is 0 Å². The summed E-state index contributed by atoms with van der Waals surface area (Å²) >= 11 is 12.1. The Morgan fingerprint density at radius 3 is 2.60 bits per heavy atom. The second-order valence-corrected chi connectivity index (χ2v) is 8.31. The number of carbonyl (C=O) groups excluding carboxylic acids is 2. The summed E-state index contributed by atoms with van der Waals surface area (Å²) < 4.78 is 5.76. The molecule has 0 bridgehead atoms. The van der Waals surface area contributed by atoms with Crippen LogP contribution in [0.4, 0.5) is 0 Å². The third-order valence-corrected chi connectivity index (χ3v) is 5.81. The maximum absolute atomic E-state index is 12.5. The highest BCUT2D eigenvalue weighted by atomic mass is 35.5. The predicted molar refractivity (Wildman–Crippen MR) is 119 cm³/mol. The molecule has 30 heavy (non-hydrogen) atoms. The Hall–Kier alpha value is -2.24. The lowest BCUT2D eigenvalue weighted by Gasteiger charge is -2.32. The van der Waals surface area contributed by atoms with Gasteiger partial charge < -0.3 is 15.0 Å². The topological polar surface area (TPSA) is 58.6 Å². The monoisotopic (exact) mass is 448 g/mol. The number of hydrogen-bond acceptors (Lipinski definition) is 3. The molecule has 0 radical (unpaired) electrons. The molecule has 160 valence electrons. The van der Waals surface area contributed by atoms with Crippen molar-refractivity contribution >= 4 is 35.0 Å². The number of ether oxygens (including phenoxy) is 1. The molecule has 0 unspecified atom stereocenters. The molecule has 0 saturated carbocycles. The molecule has 0 spiro atoms. The number of hydrogen-bond donors (Lipinski definition) is 1. The fraction of sp³-hybridized carbons (Fsp3) is 0.391. The van der Waals surface area contributed by atoms with Gasteiger partial charge in [-0.1, -0.05) is 41.4 Å². The second-order valence-electron chi connectivity index (χ2n) is 7.47. The molecule has 1 aliphatic rings. The quantitative estimate of drug-likeness (QED) is 0.613. The number of nitrogens with zero attached hydrogens (tertiary/aromatic N) is 1. The molecule has 2 aromatic carbocycles. The molecular formula is C23H26Cl2N2O3. The zero-order valence-corrected chi connectivity index (χ0v) is 18.5. The maximum atomic E-state index is 12.5. The van der Waals surface area contributed by atoms with Crippen molar-refractivity contribution in [2.45, 2.75) is 38.6 Å². The number of nitrogens with one attached hydrogen (secondary N) is 1. The fourth-order valence-electron chi connectivity index (χ4n) is 3.49. The minimum Gasteiger partial charge on any atom is -0.493 e. The van der Waals surface area contributed by atoms with Crippen LogP contribution in [0.25, 0.3) is 0 Å². The highest BCUT2D eigenvalue weighted by Crippen LogP contribution is 2.21. The van der Waals surface area contributed by atoms with Gasteiger partial charge in [-0.05, 0) is 56.0 Å². The van der Waals surface area contributed by atoms with Gasteiger partial charge in [-0.2, -0.15) is 0 Å². The van der Waals surface area contributed by atoms with E-state index in [0.717, 1.165) is 24.2 Å². The first-order chi connectivity index (χ1) is 14.4. The van der Waals surface area contributed by atoms with Crippen LogP contribution < -0.4 is 10.1 Å². The lowest BCUT2D eigenvalue weighted by molar-refractivity contribution is -0.132. The Morgan fingerprint density at radius 2 is 1.87 bits per heavy atom. The van der Waals surface area contributed by atoms with Crippen molar-refractivity contribution in [3.05, 3.63) is 63.6 Å². The SMILES string of the molecule is Cc1ccccc1OCCCC(=O)N1CCC(NC(=O)c2cc(Cl)ccc2Cl)CC1. The molecule has 7 heteroatoms. The molecule has 1 fully saturated rings. The smallest absolute Gasteiger partial charge is 0.253 e. The van der Waals surface area contributed by atoms with E-state index in [2.05, 4.69) is 5.32 Å². The lowest BCUT2D eigenvalue weighted by Crippen LogP contribution is -2.46. The molecule has 0 aromatic heterocycles. The Morgan fingerprint density at radius 1 is 1.13 bits per heavy atom. The zero-order chi connectivity index (χ0) is 21.5. The van der Waals surface area contributed by atoms with Crippen LogP contribution in [0, 0.1) is 6.92 Å². The van der Waals surface area contributed by atoms with Crippen LogP contribution >= 0.6 is 23.2 Å². The average Bonchev–Trinajstić information content (AvgIpc) is 2.74. The van der Waals surface area contributed by atoms with E-state index in [4.69, 9.17) is 27.9 Å². The number of piperidine rings is 1. The molecule has 5 nitrogen and oxygen atoms in total. The van der Waals surface area contributed by atoms with E-state index in [1.54, 1.807) is 18.2 Å². The number of aryl methyl sites for hydroxylation is 1. The third-order valence-electron chi connectivity index (χ3n) is 5.24. The minimum absolute atomic E-state index is 0.0148. The van der Waals surface area contributed by atoms with E-state index in [1.165, 1.54) is 0 Å². The van der Waals surface area contributed by atoms with Crippen molar-refractivity contribution in [2.24, 2.45) is 0 Å². The van der Waals surface area contributed by atoms with Crippen LogP contribution in [0.1, 0.15) is 41.6 Å². The number of carbonyl (C=O) groups is 2. The molecule has 3 rings (SSSR count). The van der Waals surface area contributed by atoms with E-state index >= 15 is 0 Å². The van der Waals surface area contributed by atoms with Gasteiger partial charge in [-0.15, -0.1) is 0 Å². The van der Waals surface area contributed by atoms with Crippen molar-refractivity contribution in [2.75, 3.05) is 19.7 Å². The second kappa shape index (κ2) is 10.7. The van der Waals surface area contributed by atoms with Crippen LogP contribution in [0.3, 0.4) is 0 Å². The highest BCUT2D eigenvalue weighted by molar-refractivity contribution is 6.35. The van der Waals surface area contributed by atoms with E-state index in [9.17, 15) is 9.59 Å². The van der Waals surface area contributed by atoms with Gasteiger partial charge in [0.15, 0.2) is 0 Å². The van der Waals surface area contributed by atoms with Gasteiger partial charge in [0.05, 0.1) is 17.2 Å². The first kappa shape index (κ1) is 22.4. The van der Waals surface area contributed by atoms with Crippen LogP contribution in [-0.4, -0.2) is 42.5 Å². The zero-order valence-electron chi connectivity index (χ0n) is 17.0. The molecule has 1 heterocycles. The predicted octanol–water partition coefficient (Wildman–Crippen LogP) is 4.88. The molecule has 0 atom stereocenters. The van der Waals surface area contributed by atoms with Gasteiger partial charge in [0.1, 0.15) is 5.75 Å².